The van der Waals surface area contributed by atoms with E-state index in [1.165, 1.54) is 5.48 Å². The Bertz CT molecular complexity index is 509. The van der Waals surface area contributed by atoms with Gasteiger partial charge in [0.05, 0.1) is 6.61 Å². The molecular weight excluding hydrogens is 286 g/mol. The van der Waals surface area contributed by atoms with Crippen molar-refractivity contribution in [1.29, 1.82) is 0 Å². The molecule has 0 aliphatic rings. The summed E-state index contributed by atoms with van der Waals surface area (Å²) in [5.41, 5.74) is 6.69. The van der Waals surface area contributed by atoms with Crippen molar-refractivity contribution < 1.29 is 19.5 Å². The van der Waals surface area contributed by atoms with Gasteiger partial charge in [0, 0.05) is 11.1 Å². The highest BCUT2D eigenvalue weighted by Gasteiger charge is 2.33. The minimum absolute atomic E-state index is 0.365. The number of carbonyl (C=O) groups excluding carboxylic acids is 2. The van der Waals surface area contributed by atoms with Crippen LogP contribution in [-0.2, 0) is 4.79 Å². The fourth-order valence-corrected chi connectivity index (χ4v) is 1.79. The van der Waals surface area contributed by atoms with E-state index in [2.05, 4.69) is 5.32 Å². The Morgan fingerprint density at radius 3 is 2.36 bits per heavy atom. The van der Waals surface area contributed by atoms with Crippen molar-refractivity contribution in [2.24, 2.45) is 5.73 Å². The molecule has 0 aromatic heterocycles. The monoisotopic (exact) mass is 309 g/mol. The van der Waals surface area contributed by atoms with E-state index >= 15 is 0 Å². The van der Waals surface area contributed by atoms with E-state index in [1.54, 1.807) is 38.1 Å². The second-order valence-electron chi connectivity index (χ2n) is 5.58. The van der Waals surface area contributed by atoms with Crippen LogP contribution >= 0.6 is 0 Å². The van der Waals surface area contributed by atoms with E-state index in [4.69, 9.17) is 15.7 Å². The maximum absolute atomic E-state index is 12.2. The molecule has 1 aromatic carbocycles. The molecule has 1 rings (SSSR count). The molecule has 7 heteroatoms. The van der Waals surface area contributed by atoms with Gasteiger partial charge in [-0.2, -0.15) is 0 Å². The number of benzene rings is 1. The summed E-state index contributed by atoms with van der Waals surface area (Å²) in [4.78, 5) is 23.8. The van der Waals surface area contributed by atoms with Gasteiger partial charge >= 0.3 is 0 Å². The van der Waals surface area contributed by atoms with E-state index in [1.807, 2.05) is 6.92 Å². The number of hydroxylamine groups is 1. The maximum atomic E-state index is 12.2. The molecule has 0 spiro atoms. The summed E-state index contributed by atoms with van der Waals surface area (Å²) in [5.74, 6) is -0.569. The molecule has 22 heavy (non-hydrogen) atoms. The fourth-order valence-electron chi connectivity index (χ4n) is 1.79. The molecule has 2 amide bonds. The summed E-state index contributed by atoms with van der Waals surface area (Å²) in [7, 11) is 0. The molecule has 1 aromatic rings. The number of nitrogens with one attached hydrogen (secondary N) is 2. The lowest BCUT2D eigenvalue weighted by molar-refractivity contribution is -0.132. The molecule has 0 radical (unpaired) electrons. The topological polar surface area (TPSA) is 114 Å². The quantitative estimate of drug-likeness (QED) is 0.440. The van der Waals surface area contributed by atoms with Gasteiger partial charge in [0.15, 0.2) is 0 Å². The molecular formula is C15H23N3O4. The Hall–Kier alpha value is -2.12. The molecule has 0 saturated carbocycles. The largest absolute Gasteiger partial charge is 0.494 e. The smallest absolute Gasteiger partial charge is 0.267 e. The lowest BCUT2D eigenvalue weighted by atomic mass is 9.95. The highest BCUT2D eigenvalue weighted by molar-refractivity contribution is 5.97. The second kappa shape index (κ2) is 7.77. The number of ether oxygens (including phenoxy) is 1. The van der Waals surface area contributed by atoms with Gasteiger partial charge in [-0.15, -0.1) is 0 Å². The van der Waals surface area contributed by atoms with Crippen LogP contribution in [0, 0.1) is 0 Å². The third-order valence-electron chi connectivity index (χ3n) is 2.98. The van der Waals surface area contributed by atoms with Gasteiger partial charge in [-0.3, -0.25) is 14.8 Å². The van der Waals surface area contributed by atoms with E-state index in [9.17, 15) is 9.59 Å². The predicted molar refractivity (Wildman–Crippen MR) is 81.7 cm³/mol. The van der Waals surface area contributed by atoms with Crippen LogP contribution in [0.25, 0.3) is 0 Å². The molecule has 5 N–H and O–H groups in total. The van der Waals surface area contributed by atoms with E-state index < -0.39 is 23.4 Å². The zero-order chi connectivity index (χ0) is 16.8. The van der Waals surface area contributed by atoms with Gasteiger partial charge in [0.2, 0.25) is 0 Å². The Balaban J connectivity index is 2.80. The van der Waals surface area contributed by atoms with Gasteiger partial charge in [-0.25, -0.2) is 5.48 Å². The summed E-state index contributed by atoms with van der Waals surface area (Å²) >= 11 is 0. The van der Waals surface area contributed by atoms with E-state index in [0.717, 1.165) is 6.42 Å². The van der Waals surface area contributed by atoms with Crippen LogP contribution < -0.4 is 21.3 Å². The molecule has 0 aliphatic carbocycles. The van der Waals surface area contributed by atoms with E-state index in [-0.39, 0.29) is 0 Å². The molecule has 0 bridgehead atoms. The van der Waals surface area contributed by atoms with Gasteiger partial charge in [-0.05, 0) is 44.5 Å². The Kier molecular flexibility index (Phi) is 6.33. The molecule has 1 atom stereocenters. The van der Waals surface area contributed by atoms with Crippen LogP contribution in [0.5, 0.6) is 5.75 Å². The third kappa shape index (κ3) is 5.01. The van der Waals surface area contributed by atoms with Crippen molar-refractivity contribution >= 4 is 11.8 Å². The van der Waals surface area contributed by atoms with Crippen molar-refractivity contribution in [2.75, 3.05) is 6.61 Å². The van der Waals surface area contributed by atoms with Crippen LogP contribution in [-0.4, -0.2) is 35.2 Å². The highest BCUT2D eigenvalue weighted by Crippen LogP contribution is 2.13. The summed E-state index contributed by atoms with van der Waals surface area (Å²) in [6, 6.07) is 5.48. The number of nitrogens with two attached hydrogens (primary N) is 1. The zero-order valence-electron chi connectivity index (χ0n) is 13.1. The highest BCUT2D eigenvalue weighted by atomic mass is 16.5. The summed E-state index contributed by atoms with van der Waals surface area (Å²) in [6.07, 6.45) is 0.895. The average Bonchev–Trinajstić information content (AvgIpc) is 2.49. The SMILES string of the molecule is CCCOc1ccc(C(=O)NC(C(=O)NO)C(C)(C)N)cc1. The molecule has 122 valence electrons. The van der Waals surface area contributed by atoms with Crippen molar-refractivity contribution in [1.82, 2.24) is 10.8 Å². The van der Waals surface area contributed by atoms with Crippen molar-refractivity contribution in [3.05, 3.63) is 29.8 Å². The number of carbonyl (C=O) groups is 2. The minimum atomic E-state index is -1.07. The Labute approximate surface area is 129 Å². The molecule has 0 fully saturated rings. The molecule has 0 aliphatic heterocycles. The normalized spacial score (nSPS) is 12.4. The molecule has 0 heterocycles. The number of amides is 2. The van der Waals surface area contributed by atoms with Crippen LogP contribution in [0.1, 0.15) is 37.6 Å². The fraction of sp³-hybridized carbons (Fsp3) is 0.467. The second-order valence-corrected chi connectivity index (χ2v) is 5.58. The van der Waals surface area contributed by atoms with Gasteiger partial charge in [0.1, 0.15) is 11.8 Å². The number of hydrogen-bond donors (Lipinski definition) is 4. The van der Waals surface area contributed by atoms with Crippen molar-refractivity contribution in [3.8, 4) is 5.75 Å². The first kappa shape index (κ1) is 17.9. The van der Waals surface area contributed by atoms with Gasteiger partial charge in [-0.1, -0.05) is 6.92 Å². The van der Waals surface area contributed by atoms with Crippen molar-refractivity contribution in [3.63, 3.8) is 0 Å². The summed E-state index contributed by atoms with van der Waals surface area (Å²) in [6.45, 7) is 5.76. The summed E-state index contributed by atoms with van der Waals surface area (Å²) in [5, 5.41) is 11.3. The van der Waals surface area contributed by atoms with Crippen LogP contribution in [0.4, 0.5) is 0 Å². The zero-order valence-corrected chi connectivity index (χ0v) is 13.1. The minimum Gasteiger partial charge on any atom is -0.494 e. The number of rotatable bonds is 7. The lowest BCUT2D eigenvalue weighted by Crippen LogP contribution is -2.61. The predicted octanol–water partition coefficient (Wildman–Crippen LogP) is 0.817. The lowest BCUT2D eigenvalue weighted by Gasteiger charge is -2.29. The van der Waals surface area contributed by atoms with Gasteiger partial charge in [0.25, 0.3) is 11.8 Å². The Morgan fingerprint density at radius 2 is 1.91 bits per heavy atom. The standard InChI is InChI=1S/C15H23N3O4/c1-4-9-22-11-7-5-10(6-8-11)13(19)17-12(14(20)18-21)15(2,3)16/h5-8,12,21H,4,9,16H2,1-3H3,(H,17,19)(H,18,20). The van der Waals surface area contributed by atoms with Crippen molar-refractivity contribution in [2.45, 2.75) is 38.8 Å². The first-order valence-corrected chi connectivity index (χ1v) is 7.06. The third-order valence-corrected chi connectivity index (χ3v) is 2.98. The maximum Gasteiger partial charge on any atom is 0.267 e. The molecule has 1 unspecified atom stereocenters. The molecule has 0 saturated heterocycles. The van der Waals surface area contributed by atoms with Crippen LogP contribution in [0.15, 0.2) is 24.3 Å². The van der Waals surface area contributed by atoms with Crippen LogP contribution in [0.3, 0.4) is 0 Å². The average molecular weight is 309 g/mol. The van der Waals surface area contributed by atoms with Gasteiger partial charge < -0.3 is 15.8 Å². The first-order chi connectivity index (χ1) is 10.3. The number of hydrogen-bond acceptors (Lipinski definition) is 5. The summed E-state index contributed by atoms with van der Waals surface area (Å²) < 4.78 is 5.43. The van der Waals surface area contributed by atoms with E-state index in [0.29, 0.717) is 17.9 Å². The Morgan fingerprint density at radius 1 is 1.32 bits per heavy atom. The molecule has 7 nitrogen and oxygen atoms in total. The first-order valence-electron chi connectivity index (χ1n) is 7.06. The van der Waals surface area contributed by atoms with Crippen LogP contribution in [0.2, 0.25) is 0 Å².